The lowest BCUT2D eigenvalue weighted by atomic mass is 10.1. The van der Waals surface area contributed by atoms with E-state index >= 15 is 0 Å². The van der Waals surface area contributed by atoms with Crippen LogP contribution < -0.4 is 0 Å². The highest BCUT2D eigenvalue weighted by molar-refractivity contribution is 5.94. The Bertz CT molecular complexity index is 1320. The van der Waals surface area contributed by atoms with Crippen molar-refractivity contribution in [3.8, 4) is 0 Å². The molecule has 0 N–H and O–H groups in total. The van der Waals surface area contributed by atoms with Crippen molar-refractivity contribution in [2.45, 2.75) is 31.7 Å². The van der Waals surface area contributed by atoms with Crippen LogP contribution in [-0.2, 0) is 12.8 Å². The largest absolute Gasteiger partial charge is 0.443 e. The summed E-state index contributed by atoms with van der Waals surface area (Å²) in [7, 11) is 0. The summed E-state index contributed by atoms with van der Waals surface area (Å²) in [5.41, 5.74) is 2.81. The molecule has 5 rings (SSSR count). The van der Waals surface area contributed by atoms with Gasteiger partial charge in [0.05, 0.1) is 6.20 Å². The first-order valence-electron chi connectivity index (χ1n) is 11.2. The third-order valence-electron chi connectivity index (χ3n) is 5.98. The number of pyridine rings is 1. The van der Waals surface area contributed by atoms with E-state index in [1.165, 1.54) is 24.3 Å². The minimum absolute atomic E-state index is 0.115. The summed E-state index contributed by atoms with van der Waals surface area (Å²) in [6.07, 6.45) is 5.72. The lowest BCUT2D eigenvalue weighted by molar-refractivity contribution is 0.0714. The number of carbonyl (C=O) groups is 1. The highest BCUT2D eigenvalue weighted by atomic mass is 19.1. The second-order valence-electron chi connectivity index (χ2n) is 8.47. The molecule has 7 heteroatoms. The number of benzene rings is 2. The molecule has 172 valence electrons. The zero-order chi connectivity index (χ0) is 23.5. The lowest BCUT2D eigenvalue weighted by Crippen LogP contribution is -2.30. The van der Waals surface area contributed by atoms with E-state index in [1.807, 2.05) is 12.1 Å². The number of hydrogen-bond acceptors (Lipinski definition) is 4. The number of carbonyl (C=O) groups excluding carboxylic acids is 1. The van der Waals surface area contributed by atoms with Crippen molar-refractivity contribution < 1.29 is 18.0 Å². The van der Waals surface area contributed by atoms with Gasteiger partial charge in [-0.05, 0) is 60.4 Å². The SMILES string of the molecule is O=C(c1ccnc(Cc2cccc(F)c2)c1)N1CCCC1c1ncc(Cc2cccc(F)c2)o1. The van der Waals surface area contributed by atoms with Gasteiger partial charge in [-0.2, -0.15) is 0 Å². The van der Waals surface area contributed by atoms with Crippen molar-refractivity contribution in [1.82, 2.24) is 14.9 Å². The van der Waals surface area contributed by atoms with Crippen molar-refractivity contribution in [1.29, 1.82) is 0 Å². The third kappa shape index (κ3) is 4.88. The molecule has 1 aliphatic heterocycles. The van der Waals surface area contributed by atoms with Crippen LogP contribution in [0.2, 0.25) is 0 Å². The van der Waals surface area contributed by atoms with E-state index in [9.17, 15) is 13.6 Å². The Balaban J connectivity index is 1.31. The second kappa shape index (κ2) is 9.55. The minimum atomic E-state index is -0.299. The zero-order valence-electron chi connectivity index (χ0n) is 18.5. The summed E-state index contributed by atoms with van der Waals surface area (Å²) in [5, 5.41) is 0. The van der Waals surface area contributed by atoms with Crippen LogP contribution in [0.1, 0.15) is 57.7 Å². The third-order valence-corrected chi connectivity index (χ3v) is 5.98. The molecule has 1 amide bonds. The van der Waals surface area contributed by atoms with E-state index < -0.39 is 0 Å². The number of hydrogen-bond donors (Lipinski definition) is 0. The predicted octanol–water partition coefficient (Wildman–Crippen LogP) is 5.51. The van der Waals surface area contributed by atoms with Gasteiger partial charge in [-0.15, -0.1) is 0 Å². The van der Waals surface area contributed by atoms with Crippen molar-refractivity contribution in [2.75, 3.05) is 6.54 Å². The number of nitrogens with zero attached hydrogens (tertiary/aromatic N) is 3. The van der Waals surface area contributed by atoms with E-state index in [0.717, 1.165) is 24.0 Å². The quantitative estimate of drug-likeness (QED) is 0.382. The van der Waals surface area contributed by atoms with Crippen LogP contribution in [0.5, 0.6) is 0 Å². The molecule has 4 aromatic rings. The van der Waals surface area contributed by atoms with Crippen molar-refractivity contribution in [3.05, 3.63) is 119 Å². The molecule has 2 aromatic heterocycles. The highest BCUT2D eigenvalue weighted by Crippen LogP contribution is 2.33. The van der Waals surface area contributed by atoms with Gasteiger partial charge in [-0.25, -0.2) is 13.8 Å². The maximum absolute atomic E-state index is 13.5. The molecule has 2 aromatic carbocycles. The number of aromatic nitrogens is 2. The summed E-state index contributed by atoms with van der Waals surface area (Å²) < 4.78 is 33.0. The number of amides is 1. The van der Waals surface area contributed by atoms with Crippen LogP contribution in [0.25, 0.3) is 0 Å². The Labute approximate surface area is 196 Å². The lowest BCUT2D eigenvalue weighted by Gasteiger charge is -2.22. The van der Waals surface area contributed by atoms with Gasteiger partial charge >= 0.3 is 0 Å². The number of oxazole rings is 1. The molecule has 1 aliphatic rings. The monoisotopic (exact) mass is 459 g/mol. The summed E-state index contributed by atoms with van der Waals surface area (Å²) >= 11 is 0. The molecular weight excluding hydrogens is 436 g/mol. The van der Waals surface area contributed by atoms with Crippen molar-refractivity contribution in [2.24, 2.45) is 0 Å². The number of halogens is 2. The zero-order valence-corrected chi connectivity index (χ0v) is 18.5. The summed E-state index contributed by atoms with van der Waals surface area (Å²) in [5.74, 6) is 0.411. The first kappa shape index (κ1) is 21.9. The topological polar surface area (TPSA) is 59.2 Å². The van der Waals surface area contributed by atoms with Crippen LogP contribution in [0, 0.1) is 11.6 Å². The van der Waals surface area contributed by atoms with E-state index in [0.29, 0.717) is 42.3 Å². The Morgan fingerprint density at radius 1 is 0.971 bits per heavy atom. The summed E-state index contributed by atoms with van der Waals surface area (Å²) in [4.78, 5) is 23.9. The van der Waals surface area contributed by atoms with Gasteiger partial charge in [0.15, 0.2) is 0 Å². The van der Waals surface area contributed by atoms with Crippen LogP contribution in [0.15, 0.2) is 77.5 Å². The highest BCUT2D eigenvalue weighted by Gasteiger charge is 2.34. The summed E-state index contributed by atoms with van der Waals surface area (Å²) in [6, 6.07) is 15.9. The molecule has 0 spiro atoms. The van der Waals surface area contributed by atoms with Gasteiger partial charge in [-0.3, -0.25) is 9.78 Å². The molecule has 1 fully saturated rings. The maximum Gasteiger partial charge on any atom is 0.254 e. The molecule has 1 saturated heterocycles. The fourth-order valence-electron chi connectivity index (χ4n) is 4.40. The Morgan fingerprint density at radius 2 is 1.71 bits per heavy atom. The Kier molecular flexibility index (Phi) is 6.16. The molecule has 0 saturated carbocycles. The average molecular weight is 459 g/mol. The fraction of sp³-hybridized carbons (Fsp3) is 0.222. The standard InChI is InChI=1S/C27H23F2N3O2/c28-21-6-1-4-18(12-21)14-23-16-20(9-10-30-23)27(33)32-11-3-8-25(32)26-31-17-24(34-26)15-19-5-2-7-22(29)13-19/h1-2,4-7,9-10,12-13,16-17,25H,3,8,11,14-15H2. The second-order valence-corrected chi connectivity index (χ2v) is 8.47. The number of rotatable bonds is 6. The van der Waals surface area contributed by atoms with Gasteiger partial charge in [0.2, 0.25) is 5.89 Å². The summed E-state index contributed by atoms with van der Waals surface area (Å²) in [6.45, 7) is 0.604. The van der Waals surface area contributed by atoms with Gasteiger partial charge in [0.25, 0.3) is 5.91 Å². The molecular formula is C27H23F2N3O2. The van der Waals surface area contributed by atoms with E-state index in [2.05, 4.69) is 9.97 Å². The minimum Gasteiger partial charge on any atom is -0.443 e. The molecule has 3 heterocycles. The van der Waals surface area contributed by atoms with Crippen LogP contribution in [-0.4, -0.2) is 27.3 Å². The maximum atomic E-state index is 13.5. The first-order valence-corrected chi connectivity index (χ1v) is 11.2. The Hall–Kier alpha value is -3.87. The van der Waals surface area contributed by atoms with Gasteiger partial charge in [0, 0.05) is 36.8 Å². The average Bonchev–Trinajstić information content (AvgIpc) is 3.48. The van der Waals surface area contributed by atoms with E-state index in [1.54, 1.807) is 41.6 Å². The molecule has 5 nitrogen and oxygen atoms in total. The normalized spacial score (nSPS) is 15.6. The first-order chi connectivity index (χ1) is 16.5. The van der Waals surface area contributed by atoms with Crippen LogP contribution >= 0.6 is 0 Å². The van der Waals surface area contributed by atoms with Gasteiger partial charge < -0.3 is 9.32 Å². The fourth-order valence-corrected chi connectivity index (χ4v) is 4.40. The molecule has 34 heavy (non-hydrogen) atoms. The molecule has 1 atom stereocenters. The molecule has 0 radical (unpaired) electrons. The predicted molar refractivity (Wildman–Crippen MR) is 122 cm³/mol. The van der Waals surface area contributed by atoms with Crippen LogP contribution in [0.4, 0.5) is 8.78 Å². The molecule has 0 bridgehead atoms. The van der Waals surface area contributed by atoms with E-state index in [-0.39, 0.29) is 23.6 Å². The van der Waals surface area contributed by atoms with Gasteiger partial charge in [0.1, 0.15) is 23.4 Å². The van der Waals surface area contributed by atoms with Crippen LogP contribution in [0.3, 0.4) is 0 Å². The van der Waals surface area contributed by atoms with Gasteiger partial charge in [-0.1, -0.05) is 24.3 Å². The van der Waals surface area contributed by atoms with Crippen molar-refractivity contribution >= 4 is 5.91 Å². The molecule has 0 aliphatic carbocycles. The Morgan fingerprint density at radius 3 is 2.44 bits per heavy atom. The van der Waals surface area contributed by atoms with Crippen molar-refractivity contribution in [3.63, 3.8) is 0 Å². The molecule has 1 unspecified atom stereocenters. The van der Waals surface area contributed by atoms with E-state index in [4.69, 9.17) is 4.42 Å². The smallest absolute Gasteiger partial charge is 0.254 e. The number of likely N-dealkylation sites (tertiary alicyclic amines) is 1.